The highest BCUT2D eigenvalue weighted by atomic mass is 79.9. The Labute approximate surface area is 124 Å². The van der Waals surface area contributed by atoms with Crippen molar-refractivity contribution in [3.63, 3.8) is 0 Å². The SMILES string of the molecule is CC(C)Cc1ccc(C(N)c2ccccc2Br)cc1. The molecule has 100 valence electrons. The Hall–Kier alpha value is -1.12. The van der Waals surface area contributed by atoms with Crippen LogP contribution in [0.2, 0.25) is 0 Å². The lowest BCUT2D eigenvalue weighted by molar-refractivity contribution is 0.647. The zero-order chi connectivity index (χ0) is 13.8. The molecule has 0 fully saturated rings. The Morgan fingerprint density at radius 2 is 1.63 bits per heavy atom. The van der Waals surface area contributed by atoms with Gasteiger partial charge in [0.15, 0.2) is 0 Å². The van der Waals surface area contributed by atoms with Crippen molar-refractivity contribution in [1.29, 1.82) is 0 Å². The highest BCUT2D eigenvalue weighted by Crippen LogP contribution is 2.26. The van der Waals surface area contributed by atoms with Crippen LogP contribution in [0.1, 0.15) is 36.6 Å². The van der Waals surface area contributed by atoms with E-state index in [0.29, 0.717) is 5.92 Å². The molecule has 2 N–H and O–H groups in total. The van der Waals surface area contributed by atoms with Gasteiger partial charge in [-0.2, -0.15) is 0 Å². The summed E-state index contributed by atoms with van der Waals surface area (Å²) in [7, 11) is 0. The van der Waals surface area contributed by atoms with E-state index in [0.717, 1.165) is 22.0 Å². The molecule has 0 bridgehead atoms. The second-order valence-electron chi connectivity index (χ2n) is 5.34. The van der Waals surface area contributed by atoms with Crippen molar-refractivity contribution in [2.24, 2.45) is 11.7 Å². The lowest BCUT2D eigenvalue weighted by atomic mass is 9.96. The van der Waals surface area contributed by atoms with Crippen molar-refractivity contribution in [3.8, 4) is 0 Å². The number of nitrogens with two attached hydrogens (primary N) is 1. The van der Waals surface area contributed by atoms with Crippen LogP contribution in [0.25, 0.3) is 0 Å². The van der Waals surface area contributed by atoms with E-state index in [4.69, 9.17) is 5.73 Å². The average Bonchev–Trinajstić information content (AvgIpc) is 2.39. The van der Waals surface area contributed by atoms with E-state index in [2.05, 4.69) is 60.1 Å². The maximum absolute atomic E-state index is 6.34. The highest BCUT2D eigenvalue weighted by Gasteiger charge is 2.11. The lowest BCUT2D eigenvalue weighted by Gasteiger charge is -2.15. The van der Waals surface area contributed by atoms with Crippen LogP contribution in [0.15, 0.2) is 53.0 Å². The molecule has 0 saturated heterocycles. The van der Waals surface area contributed by atoms with E-state index >= 15 is 0 Å². The number of halogens is 1. The number of rotatable bonds is 4. The topological polar surface area (TPSA) is 26.0 Å². The molecule has 1 nitrogen and oxygen atoms in total. The summed E-state index contributed by atoms with van der Waals surface area (Å²) >= 11 is 3.56. The number of hydrogen-bond donors (Lipinski definition) is 1. The summed E-state index contributed by atoms with van der Waals surface area (Å²) in [6.07, 6.45) is 1.12. The molecule has 0 spiro atoms. The largest absolute Gasteiger partial charge is 0.320 e. The van der Waals surface area contributed by atoms with E-state index in [1.54, 1.807) is 0 Å². The normalized spacial score (nSPS) is 12.7. The molecule has 2 heteroatoms. The van der Waals surface area contributed by atoms with Crippen LogP contribution in [-0.4, -0.2) is 0 Å². The summed E-state index contributed by atoms with van der Waals surface area (Å²) < 4.78 is 1.06. The van der Waals surface area contributed by atoms with Crippen LogP contribution >= 0.6 is 15.9 Å². The Balaban J connectivity index is 2.20. The van der Waals surface area contributed by atoms with Gasteiger partial charge in [0.1, 0.15) is 0 Å². The quantitative estimate of drug-likeness (QED) is 0.869. The molecule has 0 saturated carbocycles. The van der Waals surface area contributed by atoms with Gasteiger partial charge in [-0.05, 0) is 35.1 Å². The highest BCUT2D eigenvalue weighted by molar-refractivity contribution is 9.10. The van der Waals surface area contributed by atoms with E-state index in [1.165, 1.54) is 5.56 Å². The van der Waals surface area contributed by atoms with Gasteiger partial charge in [0.25, 0.3) is 0 Å². The van der Waals surface area contributed by atoms with E-state index in [1.807, 2.05) is 18.2 Å². The molecule has 19 heavy (non-hydrogen) atoms. The molecule has 2 rings (SSSR count). The third-order valence-corrected chi connectivity index (χ3v) is 3.95. The fourth-order valence-electron chi connectivity index (χ4n) is 2.24. The zero-order valence-electron chi connectivity index (χ0n) is 11.4. The maximum atomic E-state index is 6.34. The van der Waals surface area contributed by atoms with Crippen molar-refractivity contribution in [1.82, 2.24) is 0 Å². The molecule has 2 aromatic carbocycles. The predicted molar refractivity (Wildman–Crippen MR) is 85.2 cm³/mol. The van der Waals surface area contributed by atoms with Gasteiger partial charge in [-0.1, -0.05) is 72.2 Å². The third-order valence-electron chi connectivity index (χ3n) is 3.22. The van der Waals surface area contributed by atoms with Crippen molar-refractivity contribution < 1.29 is 0 Å². The zero-order valence-corrected chi connectivity index (χ0v) is 13.0. The summed E-state index contributed by atoms with van der Waals surface area (Å²) in [6, 6.07) is 16.7. The molecule has 0 heterocycles. The van der Waals surface area contributed by atoms with Gasteiger partial charge >= 0.3 is 0 Å². The molecule has 1 atom stereocenters. The number of hydrogen-bond acceptors (Lipinski definition) is 1. The molecular formula is C17H20BrN. The van der Waals surface area contributed by atoms with Gasteiger partial charge in [0.05, 0.1) is 6.04 Å². The first-order chi connectivity index (χ1) is 9.08. The molecule has 2 aromatic rings. The van der Waals surface area contributed by atoms with Crippen LogP contribution in [-0.2, 0) is 6.42 Å². The van der Waals surface area contributed by atoms with E-state index in [9.17, 15) is 0 Å². The Morgan fingerprint density at radius 3 is 2.21 bits per heavy atom. The molecule has 0 aliphatic rings. The smallest absolute Gasteiger partial charge is 0.0562 e. The molecular weight excluding hydrogens is 298 g/mol. The van der Waals surface area contributed by atoms with Crippen molar-refractivity contribution >= 4 is 15.9 Å². The lowest BCUT2D eigenvalue weighted by Crippen LogP contribution is -2.12. The van der Waals surface area contributed by atoms with Gasteiger partial charge in [-0.25, -0.2) is 0 Å². The minimum atomic E-state index is -0.0799. The average molecular weight is 318 g/mol. The fourth-order valence-corrected chi connectivity index (χ4v) is 2.77. The molecule has 0 aliphatic heterocycles. The number of benzene rings is 2. The van der Waals surface area contributed by atoms with Crippen LogP contribution in [0.5, 0.6) is 0 Å². The van der Waals surface area contributed by atoms with Gasteiger partial charge in [-0.15, -0.1) is 0 Å². The van der Waals surface area contributed by atoms with E-state index in [-0.39, 0.29) is 6.04 Å². The standard InChI is InChI=1S/C17H20BrN/c1-12(2)11-13-7-9-14(10-8-13)17(19)15-5-3-4-6-16(15)18/h3-10,12,17H,11,19H2,1-2H3. The molecule has 0 aromatic heterocycles. The second-order valence-corrected chi connectivity index (χ2v) is 6.19. The summed E-state index contributed by atoms with van der Waals surface area (Å²) in [5, 5.41) is 0. The first-order valence-corrected chi connectivity index (χ1v) is 7.46. The van der Waals surface area contributed by atoms with Gasteiger partial charge < -0.3 is 5.73 Å². The Kier molecular flexibility index (Phi) is 4.78. The van der Waals surface area contributed by atoms with Gasteiger partial charge in [0.2, 0.25) is 0 Å². The van der Waals surface area contributed by atoms with Crippen LogP contribution in [0, 0.1) is 5.92 Å². The minimum Gasteiger partial charge on any atom is -0.320 e. The summed E-state index contributed by atoms with van der Waals surface area (Å²) in [6.45, 7) is 4.47. The Morgan fingerprint density at radius 1 is 1.00 bits per heavy atom. The second kappa shape index (κ2) is 6.36. The van der Waals surface area contributed by atoms with Crippen molar-refractivity contribution in [3.05, 3.63) is 69.7 Å². The first-order valence-electron chi connectivity index (χ1n) is 6.66. The predicted octanol–water partition coefficient (Wildman–Crippen LogP) is 4.70. The molecule has 0 aliphatic carbocycles. The molecule has 0 radical (unpaired) electrons. The van der Waals surface area contributed by atoms with Crippen LogP contribution in [0.3, 0.4) is 0 Å². The van der Waals surface area contributed by atoms with Crippen LogP contribution in [0.4, 0.5) is 0 Å². The fraction of sp³-hybridized carbons (Fsp3) is 0.294. The monoisotopic (exact) mass is 317 g/mol. The Bertz CT molecular complexity index is 531. The first kappa shape index (κ1) is 14.3. The van der Waals surface area contributed by atoms with Crippen molar-refractivity contribution in [2.45, 2.75) is 26.3 Å². The summed E-state index contributed by atoms with van der Waals surface area (Å²) in [5.41, 5.74) is 9.99. The molecule has 0 amide bonds. The summed E-state index contributed by atoms with van der Waals surface area (Å²) in [5.74, 6) is 0.683. The van der Waals surface area contributed by atoms with Gasteiger partial charge in [0, 0.05) is 4.47 Å². The molecule has 1 unspecified atom stereocenters. The maximum Gasteiger partial charge on any atom is 0.0562 e. The van der Waals surface area contributed by atoms with Crippen molar-refractivity contribution in [2.75, 3.05) is 0 Å². The van der Waals surface area contributed by atoms with E-state index < -0.39 is 0 Å². The van der Waals surface area contributed by atoms with Gasteiger partial charge in [-0.3, -0.25) is 0 Å². The third kappa shape index (κ3) is 3.68. The van der Waals surface area contributed by atoms with Crippen LogP contribution < -0.4 is 5.73 Å². The minimum absolute atomic E-state index is 0.0799. The summed E-state index contributed by atoms with van der Waals surface area (Å²) in [4.78, 5) is 0.